The molecule has 0 aliphatic rings. The molecule has 1 amide bonds. The van der Waals surface area contributed by atoms with Gasteiger partial charge in [0.2, 0.25) is 0 Å². The van der Waals surface area contributed by atoms with Gasteiger partial charge in [-0.2, -0.15) is 12.5 Å². The Morgan fingerprint density at radius 3 is 2.38 bits per heavy atom. The van der Waals surface area contributed by atoms with E-state index in [-0.39, 0.29) is 11.7 Å². The van der Waals surface area contributed by atoms with Gasteiger partial charge in [0.15, 0.2) is 0 Å². The molecule has 0 saturated heterocycles. The summed E-state index contributed by atoms with van der Waals surface area (Å²) in [5.41, 5.74) is 0.547. The first-order valence-corrected chi connectivity index (χ1v) is 4.47. The Morgan fingerprint density at radius 2 is 2.00 bits per heavy atom. The minimum Gasteiger partial charge on any atom is -0.508 e. The number of hydrogen-bond donors (Lipinski definition) is 3. The summed E-state index contributed by atoms with van der Waals surface area (Å²) in [7, 11) is 1.56. The summed E-state index contributed by atoms with van der Waals surface area (Å²) in [5, 5.41) is 11.4. The SMILES string of the molecule is CNC(=O)c1ccc(O)cc1.[2H]SC. The summed E-state index contributed by atoms with van der Waals surface area (Å²) < 4.78 is 6.12. The maximum absolute atomic E-state index is 10.9. The second-order valence-corrected chi connectivity index (χ2v) is 2.13. The number of carbonyl (C=O) groups excluding carboxylic acids is 1. The first-order chi connectivity index (χ1) is 6.65. The lowest BCUT2D eigenvalue weighted by atomic mass is 10.2. The van der Waals surface area contributed by atoms with E-state index >= 15 is 0 Å². The molecule has 0 atom stereocenters. The predicted molar refractivity (Wildman–Crippen MR) is 56.4 cm³/mol. The smallest absolute Gasteiger partial charge is 0.251 e. The number of hydrogen-bond acceptors (Lipinski definition) is 3. The standard InChI is InChI=1S/C8H9NO2.CH4S/c1-9-8(11)6-2-4-7(10)5-3-6;1-2/h2-5,10H,1H3,(H,9,11);2H,1H3/i/hD. The fourth-order valence-electron chi connectivity index (χ4n) is 0.757. The average molecular weight is 200 g/mol. The zero-order chi connectivity index (χ0) is 11.0. The predicted octanol–water partition coefficient (Wildman–Crippen LogP) is 1.30. The maximum Gasteiger partial charge on any atom is 0.251 e. The van der Waals surface area contributed by atoms with Gasteiger partial charge < -0.3 is 10.4 Å². The molecular formula is C9H13NO2S. The highest BCUT2D eigenvalue weighted by atomic mass is 32.1. The Kier molecular flexibility index (Phi) is 4.86. The topological polar surface area (TPSA) is 49.3 Å². The maximum atomic E-state index is 10.9. The second-order valence-electron chi connectivity index (χ2n) is 2.13. The van der Waals surface area contributed by atoms with Gasteiger partial charge in [0, 0.05) is 12.6 Å². The van der Waals surface area contributed by atoms with Gasteiger partial charge in [-0.25, -0.2) is 0 Å². The molecule has 1 rings (SSSR count). The minimum atomic E-state index is -0.148. The fraction of sp³-hybridized carbons (Fsp3) is 0.222. The summed E-state index contributed by atoms with van der Waals surface area (Å²) in [5.74, 6) is 0.0163. The largest absolute Gasteiger partial charge is 0.508 e. The van der Waals surface area contributed by atoms with Crippen molar-refractivity contribution in [2.75, 3.05) is 13.3 Å². The van der Waals surface area contributed by atoms with Crippen molar-refractivity contribution in [3.63, 3.8) is 0 Å². The van der Waals surface area contributed by atoms with Gasteiger partial charge in [0.1, 0.15) is 6.87 Å². The number of phenols is 1. The van der Waals surface area contributed by atoms with E-state index in [1.807, 2.05) is 0 Å². The van der Waals surface area contributed by atoms with Crippen molar-refractivity contribution in [3.05, 3.63) is 29.8 Å². The van der Waals surface area contributed by atoms with Crippen LogP contribution in [0.3, 0.4) is 0 Å². The van der Waals surface area contributed by atoms with Crippen molar-refractivity contribution in [3.8, 4) is 5.75 Å². The molecule has 0 unspecified atom stereocenters. The number of nitrogens with one attached hydrogen (secondary N) is 1. The Bertz CT molecular complexity index is 277. The zero-order valence-electron chi connectivity index (χ0n) is 8.57. The van der Waals surface area contributed by atoms with Gasteiger partial charge in [0.05, 0.1) is 0 Å². The van der Waals surface area contributed by atoms with E-state index in [0.717, 1.165) is 12.5 Å². The molecule has 2 N–H and O–H groups in total. The van der Waals surface area contributed by atoms with Crippen LogP contribution in [-0.4, -0.2) is 25.4 Å². The van der Waals surface area contributed by atoms with Gasteiger partial charge in [-0.1, -0.05) is 0 Å². The molecular weight excluding hydrogens is 186 g/mol. The molecule has 72 valence electrons. The lowest BCUT2D eigenvalue weighted by molar-refractivity contribution is 0.0963. The zero-order valence-corrected chi connectivity index (χ0v) is 8.39. The van der Waals surface area contributed by atoms with E-state index in [2.05, 4.69) is 5.32 Å². The van der Waals surface area contributed by atoms with Crippen molar-refractivity contribution < 1.29 is 9.90 Å². The normalized spacial score (nSPS) is 9.23. The van der Waals surface area contributed by atoms with Crippen molar-refractivity contribution in [1.82, 2.24) is 5.32 Å². The summed E-state index contributed by atoms with van der Waals surface area (Å²) in [6, 6.07) is 6.08. The van der Waals surface area contributed by atoms with Crippen LogP contribution in [-0.2, 0) is 0 Å². The van der Waals surface area contributed by atoms with Gasteiger partial charge in [-0.3, -0.25) is 4.79 Å². The van der Waals surface area contributed by atoms with E-state index in [9.17, 15) is 4.79 Å². The molecule has 0 heterocycles. The van der Waals surface area contributed by atoms with E-state index in [1.165, 1.54) is 12.1 Å². The van der Waals surface area contributed by atoms with Gasteiger partial charge in [-0.05, 0) is 30.5 Å². The van der Waals surface area contributed by atoms with Gasteiger partial charge >= 0.3 is 0 Å². The van der Waals surface area contributed by atoms with Gasteiger partial charge in [-0.15, -0.1) is 0 Å². The molecule has 3 nitrogen and oxygen atoms in total. The molecule has 0 radical (unpaired) electrons. The number of aromatic hydroxyl groups is 1. The molecule has 1 aromatic carbocycles. The van der Waals surface area contributed by atoms with Crippen molar-refractivity contribution >= 4 is 18.4 Å². The van der Waals surface area contributed by atoms with Crippen LogP contribution in [0.2, 0.25) is 0 Å². The van der Waals surface area contributed by atoms with Crippen LogP contribution in [0.15, 0.2) is 24.3 Å². The third kappa shape index (κ3) is 3.85. The molecule has 0 aliphatic carbocycles. The van der Waals surface area contributed by atoms with Crippen LogP contribution in [0.25, 0.3) is 0 Å². The third-order valence-electron chi connectivity index (χ3n) is 1.36. The van der Waals surface area contributed by atoms with Crippen molar-refractivity contribution in [1.29, 1.82) is 1.12 Å². The Labute approximate surface area is 84.3 Å². The molecule has 0 fully saturated rings. The van der Waals surface area contributed by atoms with Crippen LogP contribution in [0, 0.1) is 0 Å². The molecule has 0 spiro atoms. The fourth-order valence-corrected chi connectivity index (χ4v) is 0.757. The number of carbonyl (C=O) groups is 1. The molecule has 0 saturated carbocycles. The summed E-state index contributed by atoms with van der Waals surface area (Å²) in [6.07, 6.45) is 1.71. The first-order valence-electron chi connectivity index (χ1n) is 4.07. The highest BCUT2D eigenvalue weighted by Gasteiger charge is 2.00. The molecule has 1 aromatic rings. The lowest BCUT2D eigenvalue weighted by Gasteiger charge is -1.97. The molecule has 13 heavy (non-hydrogen) atoms. The summed E-state index contributed by atoms with van der Waals surface area (Å²) >= 11 is 1.000. The van der Waals surface area contributed by atoms with Crippen LogP contribution in [0.4, 0.5) is 0 Å². The first kappa shape index (κ1) is 9.92. The molecule has 0 bridgehead atoms. The lowest BCUT2D eigenvalue weighted by Crippen LogP contribution is -2.17. The minimum absolute atomic E-state index is 0.148. The van der Waals surface area contributed by atoms with Crippen molar-refractivity contribution in [2.24, 2.45) is 0 Å². The second kappa shape index (κ2) is 6.37. The number of phenolic OH excluding ortho intramolecular Hbond substituents is 1. The van der Waals surface area contributed by atoms with E-state index in [0.29, 0.717) is 5.56 Å². The Balaban J connectivity index is 0.000000500. The number of thiol groups is 1. The molecule has 4 heteroatoms. The van der Waals surface area contributed by atoms with E-state index in [1.54, 1.807) is 25.4 Å². The Hall–Kier alpha value is -1.16. The molecule has 0 aliphatic heterocycles. The van der Waals surface area contributed by atoms with Crippen LogP contribution in [0.1, 0.15) is 10.4 Å². The summed E-state index contributed by atoms with van der Waals surface area (Å²) in [4.78, 5) is 10.9. The monoisotopic (exact) mass is 200 g/mol. The summed E-state index contributed by atoms with van der Waals surface area (Å²) in [6.45, 7) is 0. The van der Waals surface area contributed by atoms with E-state index in [4.69, 9.17) is 6.23 Å². The van der Waals surface area contributed by atoms with Crippen molar-refractivity contribution in [2.45, 2.75) is 0 Å². The number of rotatable bonds is 1. The number of benzene rings is 1. The van der Waals surface area contributed by atoms with Crippen LogP contribution in [0.5, 0.6) is 5.75 Å². The van der Waals surface area contributed by atoms with E-state index < -0.39 is 0 Å². The quantitative estimate of drug-likeness (QED) is 0.598. The van der Waals surface area contributed by atoms with Gasteiger partial charge in [0.25, 0.3) is 5.91 Å². The van der Waals surface area contributed by atoms with Crippen LogP contribution < -0.4 is 5.32 Å². The average Bonchev–Trinajstić information content (AvgIpc) is 2.19. The van der Waals surface area contributed by atoms with Crippen LogP contribution >= 0.6 is 12.5 Å². The number of amides is 1. The highest BCUT2D eigenvalue weighted by molar-refractivity contribution is 7.79. The highest BCUT2D eigenvalue weighted by Crippen LogP contribution is 2.08. The molecule has 0 aromatic heterocycles. The third-order valence-corrected chi connectivity index (χ3v) is 1.36. The Morgan fingerprint density at radius 1 is 1.54 bits per heavy atom.